The van der Waals surface area contributed by atoms with E-state index in [1.54, 1.807) is 36.1 Å². The van der Waals surface area contributed by atoms with Crippen LogP contribution in [0.5, 0.6) is 5.75 Å². The van der Waals surface area contributed by atoms with Crippen LogP contribution in [0.15, 0.2) is 24.3 Å². The Labute approximate surface area is 112 Å². The lowest BCUT2D eigenvalue weighted by Gasteiger charge is -2.21. The lowest BCUT2D eigenvalue weighted by Crippen LogP contribution is -2.40. The van der Waals surface area contributed by atoms with Crippen LogP contribution in [0.3, 0.4) is 0 Å². The van der Waals surface area contributed by atoms with Gasteiger partial charge in [-0.25, -0.2) is 0 Å². The van der Waals surface area contributed by atoms with Crippen molar-refractivity contribution in [1.29, 1.82) is 0 Å². The molecule has 4 nitrogen and oxygen atoms in total. The Morgan fingerprint density at radius 3 is 2.72 bits per heavy atom. The van der Waals surface area contributed by atoms with Gasteiger partial charge in [-0.15, -0.1) is 0 Å². The molecule has 2 rings (SSSR count). The van der Waals surface area contributed by atoms with Crippen LogP contribution in [0.25, 0.3) is 0 Å². The van der Waals surface area contributed by atoms with Gasteiger partial charge in [0.2, 0.25) is 0 Å². The molecule has 0 aliphatic carbocycles. The molecule has 1 heterocycles. The van der Waals surface area contributed by atoms with E-state index in [0.29, 0.717) is 23.9 Å². The van der Waals surface area contributed by atoms with E-state index in [0.717, 1.165) is 6.42 Å². The third-order valence-corrected chi connectivity index (χ3v) is 3.26. The molecule has 0 radical (unpaired) electrons. The van der Waals surface area contributed by atoms with Gasteiger partial charge in [-0.2, -0.15) is 0 Å². The largest absolute Gasteiger partial charge is 0.481 e. The van der Waals surface area contributed by atoms with Gasteiger partial charge in [0, 0.05) is 24.2 Å². The Hall–Kier alpha value is -1.26. The van der Waals surface area contributed by atoms with Crippen molar-refractivity contribution < 1.29 is 9.53 Å². The first-order valence-corrected chi connectivity index (χ1v) is 6.40. The Morgan fingerprint density at radius 1 is 1.50 bits per heavy atom. The maximum Gasteiger partial charge on any atom is 0.263 e. The number of nitrogens with two attached hydrogens (primary N) is 1. The summed E-state index contributed by atoms with van der Waals surface area (Å²) < 4.78 is 5.59. The van der Waals surface area contributed by atoms with E-state index in [1.807, 2.05) is 0 Å². The summed E-state index contributed by atoms with van der Waals surface area (Å²) in [6.45, 7) is 3.09. The van der Waals surface area contributed by atoms with Crippen molar-refractivity contribution in [3.63, 3.8) is 0 Å². The van der Waals surface area contributed by atoms with Gasteiger partial charge in [-0.1, -0.05) is 11.6 Å². The lowest BCUT2D eigenvalue weighted by atomic mass is 10.3. The summed E-state index contributed by atoms with van der Waals surface area (Å²) in [7, 11) is 0. The number of likely N-dealkylation sites (tertiary alicyclic amines) is 1. The minimum absolute atomic E-state index is 0.0158. The molecule has 1 aromatic carbocycles. The summed E-state index contributed by atoms with van der Waals surface area (Å²) in [5.74, 6) is 0.627. The summed E-state index contributed by atoms with van der Waals surface area (Å²) in [5, 5.41) is 0.645. The molecule has 18 heavy (non-hydrogen) atoms. The molecule has 0 bridgehead atoms. The molecule has 1 fully saturated rings. The van der Waals surface area contributed by atoms with Crippen molar-refractivity contribution in [2.24, 2.45) is 5.73 Å². The quantitative estimate of drug-likeness (QED) is 0.907. The molecule has 0 spiro atoms. The fraction of sp³-hybridized carbons (Fsp3) is 0.462. The van der Waals surface area contributed by atoms with Crippen LogP contribution >= 0.6 is 11.6 Å². The number of carbonyl (C=O) groups is 1. The number of nitrogens with zero attached hydrogens (tertiary/aromatic N) is 1. The van der Waals surface area contributed by atoms with Crippen molar-refractivity contribution in [2.45, 2.75) is 25.5 Å². The maximum absolute atomic E-state index is 12.1. The molecule has 1 aromatic rings. The van der Waals surface area contributed by atoms with E-state index in [2.05, 4.69) is 0 Å². The SMILES string of the molecule is C[C@@H](Oc1ccc(Cl)cc1)C(=O)N1CC[C@H](N)C1. The van der Waals surface area contributed by atoms with Crippen molar-refractivity contribution >= 4 is 17.5 Å². The highest BCUT2D eigenvalue weighted by Gasteiger charge is 2.28. The zero-order valence-electron chi connectivity index (χ0n) is 10.3. The molecular formula is C13H17ClN2O2. The second-order valence-corrected chi connectivity index (χ2v) is 4.98. The zero-order valence-corrected chi connectivity index (χ0v) is 11.1. The van der Waals surface area contributed by atoms with E-state index >= 15 is 0 Å². The summed E-state index contributed by atoms with van der Waals surface area (Å²) >= 11 is 5.79. The Kier molecular flexibility index (Phi) is 4.09. The van der Waals surface area contributed by atoms with E-state index in [9.17, 15) is 4.79 Å². The van der Waals surface area contributed by atoms with Gasteiger partial charge in [-0.05, 0) is 37.6 Å². The standard InChI is InChI=1S/C13H17ClN2O2/c1-9(13(17)16-7-6-11(15)8-16)18-12-4-2-10(14)3-5-12/h2-5,9,11H,6-8,15H2,1H3/t9-,11+/m1/s1. The van der Waals surface area contributed by atoms with Gasteiger partial charge in [0.05, 0.1) is 0 Å². The average molecular weight is 269 g/mol. The van der Waals surface area contributed by atoms with Crippen LogP contribution in [-0.2, 0) is 4.79 Å². The molecule has 2 N–H and O–H groups in total. The van der Waals surface area contributed by atoms with Crippen LogP contribution in [-0.4, -0.2) is 36.0 Å². The molecule has 2 atom stereocenters. The summed E-state index contributed by atoms with van der Waals surface area (Å²) in [6.07, 6.45) is 0.357. The van der Waals surface area contributed by atoms with Crippen LogP contribution < -0.4 is 10.5 Å². The van der Waals surface area contributed by atoms with E-state index in [-0.39, 0.29) is 11.9 Å². The van der Waals surface area contributed by atoms with Crippen molar-refractivity contribution in [3.8, 4) is 5.75 Å². The summed E-state index contributed by atoms with van der Waals surface area (Å²) in [6, 6.07) is 7.07. The maximum atomic E-state index is 12.1. The predicted octanol–water partition coefficient (Wildman–Crippen LogP) is 1.67. The molecule has 5 heteroatoms. The van der Waals surface area contributed by atoms with E-state index < -0.39 is 6.10 Å². The van der Waals surface area contributed by atoms with Gasteiger partial charge >= 0.3 is 0 Å². The normalized spacial score (nSPS) is 20.8. The minimum Gasteiger partial charge on any atom is -0.481 e. The van der Waals surface area contributed by atoms with Gasteiger partial charge in [0.15, 0.2) is 6.10 Å². The second-order valence-electron chi connectivity index (χ2n) is 4.55. The topological polar surface area (TPSA) is 55.6 Å². The Morgan fingerprint density at radius 2 is 2.17 bits per heavy atom. The van der Waals surface area contributed by atoms with Crippen molar-refractivity contribution in [2.75, 3.05) is 13.1 Å². The van der Waals surface area contributed by atoms with Crippen LogP contribution in [0.1, 0.15) is 13.3 Å². The predicted molar refractivity (Wildman–Crippen MR) is 70.7 cm³/mol. The second kappa shape index (κ2) is 5.59. The van der Waals surface area contributed by atoms with E-state index in [1.165, 1.54) is 0 Å². The number of halogens is 1. The number of amides is 1. The highest BCUT2D eigenvalue weighted by Crippen LogP contribution is 2.18. The molecular weight excluding hydrogens is 252 g/mol. The highest BCUT2D eigenvalue weighted by atomic mass is 35.5. The molecule has 0 aromatic heterocycles. The number of benzene rings is 1. The highest BCUT2D eigenvalue weighted by molar-refractivity contribution is 6.30. The monoisotopic (exact) mass is 268 g/mol. The fourth-order valence-electron chi connectivity index (χ4n) is 2.01. The number of hydrogen-bond acceptors (Lipinski definition) is 3. The molecule has 98 valence electrons. The number of hydrogen-bond donors (Lipinski definition) is 1. The number of carbonyl (C=O) groups excluding carboxylic acids is 1. The molecule has 1 aliphatic rings. The first-order valence-electron chi connectivity index (χ1n) is 6.03. The Bertz CT molecular complexity index is 422. The minimum atomic E-state index is -0.503. The fourth-order valence-corrected chi connectivity index (χ4v) is 2.14. The molecule has 0 saturated carbocycles. The van der Waals surface area contributed by atoms with E-state index in [4.69, 9.17) is 22.1 Å². The summed E-state index contributed by atoms with van der Waals surface area (Å²) in [5.41, 5.74) is 5.78. The van der Waals surface area contributed by atoms with Crippen molar-refractivity contribution in [3.05, 3.63) is 29.3 Å². The third-order valence-electron chi connectivity index (χ3n) is 3.01. The van der Waals surface area contributed by atoms with Crippen molar-refractivity contribution in [1.82, 2.24) is 4.90 Å². The number of ether oxygens (including phenoxy) is 1. The molecule has 1 saturated heterocycles. The first-order chi connectivity index (χ1) is 8.56. The smallest absolute Gasteiger partial charge is 0.263 e. The van der Waals surface area contributed by atoms with Gasteiger partial charge in [0.1, 0.15) is 5.75 Å². The van der Waals surface area contributed by atoms with Gasteiger partial charge in [-0.3, -0.25) is 4.79 Å². The first kappa shape index (κ1) is 13.2. The number of rotatable bonds is 3. The van der Waals surface area contributed by atoms with Crippen LogP contribution in [0, 0.1) is 0 Å². The average Bonchev–Trinajstić information content (AvgIpc) is 2.78. The lowest BCUT2D eigenvalue weighted by molar-refractivity contribution is -0.136. The zero-order chi connectivity index (χ0) is 13.1. The van der Waals surface area contributed by atoms with Gasteiger partial charge < -0.3 is 15.4 Å². The molecule has 0 unspecified atom stereocenters. The summed E-state index contributed by atoms with van der Waals surface area (Å²) in [4.78, 5) is 13.8. The van der Waals surface area contributed by atoms with Crippen LogP contribution in [0.2, 0.25) is 5.02 Å². The molecule has 1 aliphatic heterocycles. The third kappa shape index (κ3) is 3.15. The Balaban J connectivity index is 1.93. The van der Waals surface area contributed by atoms with Gasteiger partial charge in [0.25, 0.3) is 5.91 Å². The molecule has 1 amide bonds. The van der Waals surface area contributed by atoms with Crippen LogP contribution in [0.4, 0.5) is 0 Å².